The van der Waals surface area contributed by atoms with Gasteiger partial charge in [0.15, 0.2) is 5.13 Å². The molecule has 1 aromatic heterocycles. The number of thiazole rings is 1. The number of nitrogens with zero attached hydrogens (tertiary/aromatic N) is 2. The number of amides is 2. The van der Waals surface area contributed by atoms with E-state index >= 15 is 0 Å². The molecule has 1 aliphatic heterocycles. The zero-order valence-electron chi connectivity index (χ0n) is 17.2. The summed E-state index contributed by atoms with van der Waals surface area (Å²) in [6.45, 7) is 7.10. The van der Waals surface area contributed by atoms with E-state index in [9.17, 15) is 9.59 Å². The van der Waals surface area contributed by atoms with Crippen molar-refractivity contribution < 1.29 is 9.59 Å². The molecule has 2 aliphatic rings. The van der Waals surface area contributed by atoms with Crippen molar-refractivity contribution in [2.24, 2.45) is 11.8 Å². The first-order valence-electron chi connectivity index (χ1n) is 10.8. The Morgan fingerprint density at radius 1 is 1.18 bits per heavy atom. The molecule has 2 heterocycles. The maximum atomic E-state index is 12.4. The standard InChI is InChI=1S/C21H34N4O2S/c1-15(2)20(27)24-21-23-18(14-28-21)12-19(26)22-17-8-10-25(11-9-17)13-16-6-4-3-5-7-16/h14-17H,3-13H2,1-2H3,(H,22,26)(H,23,24,27). The number of likely N-dealkylation sites (tertiary alicyclic amines) is 1. The van der Waals surface area contributed by atoms with Crippen molar-refractivity contribution in [3.8, 4) is 0 Å². The minimum atomic E-state index is -0.0837. The summed E-state index contributed by atoms with van der Waals surface area (Å²) in [5.41, 5.74) is 0.719. The second-order valence-corrected chi connectivity index (χ2v) is 9.47. The highest BCUT2D eigenvalue weighted by atomic mass is 32.1. The predicted molar refractivity (Wildman–Crippen MR) is 113 cm³/mol. The van der Waals surface area contributed by atoms with Gasteiger partial charge >= 0.3 is 0 Å². The van der Waals surface area contributed by atoms with Crippen molar-refractivity contribution in [2.45, 2.75) is 71.3 Å². The van der Waals surface area contributed by atoms with Crippen LogP contribution in [0, 0.1) is 11.8 Å². The lowest BCUT2D eigenvalue weighted by Crippen LogP contribution is -2.46. The SMILES string of the molecule is CC(C)C(=O)Nc1nc(CC(=O)NC2CCN(CC3CCCCC3)CC2)cs1. The first kappa shape index (κ1) is 21.2. The van der Waals surface area contributed by atoms with Gasteiger partial charge in [0.1, 0.15) is 0 Å². The van der Waals surface area contributed by atoms with Crippen LogP contribution in [0.5, 0.6) is 0 Å². The van der Waals surface area contributed by atoms with Crippen LogP contribution in [0.25, 0.3) is 0 Å². The van der Waals surface area contributed by atoms with E-state index in [1.807, 2.05) is 19.2 Å². The summed E-state index contributed by atoms with van der Waals surface area (Å²) >= 11 is 1.37. The minimum Gasteiger partial charge on any atom is -0.353 e. The van der Waals surface area contributed by atoms with E-state index in [2.05, 4.69) is 20.5 Å². The number of aromatic nitrogens is 1. The third-order valence-corrected chi connectivity index (χ3v) is 6.65. The normalized spacial score (nSPS) is 19.7. The highest BCUT2D eigenvalue weighted by Gasteiger charge is 2.24. The molecule has 0 spiro atoms. The lowest BCUT2D eigenvalue weighted by Gasteiger charge is -2.35. The van der Waals surface area contributed by atoms with Gasteiger partial charge in [-0.3, -0.25) is 9.59 Å². The number of piperidine rings is 1. The molecule has 3 rings (SSSR count). The Morgan fingerprint density at radius 2 is 1.89 bits per heavy atom. The Kier molecular flexibility index (Phi) is 7.85. The summed E-state index contributed by atoms with van der Waals surface area (Å²) in [5.74, 6) is 0.776. The molecule has 1 saturated carbocycles. The van der Waals surface area contributed by atoms with Crippen LogP contribution in [0.1, 0.15) is 64.5 Å². The van der Waals surface area contributed by atoms with Crippen molar-refractivity contribution in [1.82, 2.24) is 15.2 Å². The van der Waals surface area contributed by atoms with E-state index in [1.165, 1.54) is 50.0 Å². The van der Waals surface area contributed by atoms with Crippen molar-refractivity contribution in [3.05, 3.63) is 11.1 Å². The second-order valence-electron chi connectivity index (χ2n) is 8.61. The van der Waals surface area contributed by atoms with Crippen LogP contribution in [0.15, 0.2) is 5.38 Å². The molecule has 2 fully saturated rings. The van der Waals surface area contributed by atoms with E-state index in [0.717, 1.165) is 37.5 Å². The lowest BCUT2D eigenvalue weighted by molar-refractivity contribution is -0.121. The highest BCUT2D eigenvalue weighted by Crippen LogP contribution is 2.25. The summed E-state index contributed by atoms with van der Waals surface area (Å²) < 4.78 is 0. The average molecular weight is 407 g/mol. The molecule has 156 valence electrons. The average Bonchev–Trinajstić information content (AvgIpc) is 3.10. The predicted octanol–water partition coefficient (Wildman–Crippen LogP) is 3.44. The Morgan fingerprint density at radius 3 is 2.57 bits per heavy atom. The zero-order chi connectivity index (χ0) is 19.9. The molecule has 0 unspecified atom stereocenters. The Balaban J connectivity index is 1.36. The lowest BCUT2D eigenvalue weighted by atomic mass is 9.88. The summed E-state index contributed by atoms with van der Waals surface area (Å²) in [5, 5.41) is 8.37. The molecule has 6 nitrogen and oxygen atoms in total. The van der Waals surface area contributed by atoms with Gasteiger partial charge in [0, 0.05) is 37.0 Å². The van der Waals surface area contributed by atoms with Crippen LogP contribution in [-0.4, -0.2) is 47.4 Å². The first-order valence-corrected chi connectivity index (χ1v) is 11.6. The third kappa shape index (κ3) is 6.55. The molecular formula is C21H34N4O2S. The molecule has 0 bridgehead atoms. The second kappa shape index (κ2) is 10.3. The topological polar surface area (TPSA) is 74.3 Å². The molecule has 1 aromatic rings. The number of rotatable bonds is 7. The number of carbonyl (C=O) groups is 2. The van der Waals surface area contributed by atoms with Crippen LogP contribution < -0.4 is 10.6 Å². The van der Waals surface area contributed by atoms with Gasteiger partial charge in [0.05, 0.1) is 12.1 Å². The molecular weight excluding hydrogens is 372 g/mol. The number of hydrogen-bond acceptors (Lipinski definition) is 5. The van der Waals surface area contributed by atoms with Gasteiger partial charge in [-0.15, -0.1) is 11.3 Å². The van der Waals surface area contributed by atoms with Crippen LogP contribution in [0.2, 0.25) is 0 Å². The first-order chi connectivity index (χ1) is 13.5. The van der Waals surface area contributed by atoms with Crippen molar-refractivity contribution in [3.63, 3.8) is 0 Å². The quantitative estimate of drug-likeness (QED) is 0.727. The van der Waals surface area contributed by atoms with E-state index in [4.69, 9.17) is 0 Å². The molecule has 0 aromatic carbocycles. The molecule has 1 saturated heterocycles. The molecule has 0 atom stereocenters. The van der Waals surface area contributed by atoms with Gasteiger partial charge in [-0.1, -0.05) is 33.1 Å². The molecule has 2 amide bonds. The fraction of sp³-hybridized carbons (Fsp3) is 0.762. The fourth-order valence-electron chi connectivity index (χ4n) is 4.13. The van der Waals surface area contributed by atoms with Gasteiger partial charge in [-0.05, 0) is 31.6 Å². The van der Waals surface area contributed by atoms with Crippen LogP contribution >= 0.6 is 11.3 Å². The van der Waals surface area contributed by atoms with E-state index in [1.54, 1.807) is 0 Å². The Bertz CT molecular complexity index is 647. The van der Waals surface area contributed by atoms with Gasteiger partial charge < -0.3 is 15.5 Å². The van der Waals surface area contributed by atoms with Crippen LogP contribution in [0.4, 0.5) is 5.13 Å². The van der Waals surface area contributed by atoms with E-state index in [0.29, 0.717) is 5.13 Å². The molecule has 2 N–H and O–H groups in total. The largest absolute Gasteiger partial charge is 0.353 e. The molecule has 0 radical (unpaired) electrons. The summed E-state index contributed by atoms with van der Waals surface area (Å²) in [4.78, 5) is 31.0. The molecule has 1 aliphatic carbocycles. The third-order valence-electron chi connectivity index (χ3n) is 5.84. The summed E-state index contributed by atoms with van der Waals surface area (Å²) in [6.07, 6.45) is 9.34. The number of anilines is 1. The summed E-state index contributed by atoms with van der Waals surface area (Å²) in [7, 11) is 0. The Hall–Kier alpha value is -1.47. The maximum Gasteiger partial charge on any atom is 0.228 e. The molecule has 7 heteroatoms. The van der Waals surface area contributed by atoms with Crippen molar-refractivity contribution in [1.29, 1.82) is 0 Å². The summed E-state index contributed by atoms with van der Waals surface area (Å²) in [6, 6.07) is 0.272. The van der Waals surface area contributed by atoms with Crippen molar-refractivity contribution in [2.75, 3.05) is 25.0 Å². The number of hydrogen-bond donors (Lipinski definition) is 2. The van der Waals surface area contributed by atoms with E-state index in [-0.39, 0.29) is 30.2 Å². The van der Waals surface area contributed by atoms with Gasteiger partial charge in [0.25, 0.3) is 0 Å². The Labute approximate surface area is 172 Å². The minimum absolute atomic E-state index is 0.0257. The van der Waals surface area contributed by atoms with Gasteiger partial charge in [-0.2, -0.15) is 0 Å². The van der Waals surface area contributed by atoms with Crippen molar-refractivity contribution >= 4 is 28.3 Å². The maximum absolute atomic E-state index is 12.4. The highest BCUT2D eigenvalue weighted by molar-refractivity contribution is 7.13. The van der Waals surface area contributed by atoms with E-state index < -0.39 is 0 Å². The van der Waals surface area contributed by atoms with Crippen LogP contribution in [0.3, 0.4) is 0 Å². The zero-order valence-corrected chi connectivity index (χ0v) is 18.0. The number of carbonyl (C=O) groups excluding carboxylic acids is 2. The fourth-order valence-corrected chi connectivity index (χ4v) is 4.85. The molecule has 28 heavy (non-hydrogen) atoms. The van der Waals surface area contributed by atoms with Gasteiger partial charge in [-0.25, -0.2) is 4.98 Å². The smallest absolute Gasteiger partial charge is 0.228 e. The number of nitrogens with one attached hydrogen (secondary N) is 2. The monoisotopic (exact) mass is 406 g/mol. The van der Waals surface area contributed by atoms with Gasteiger partial charge in [0.2, 0.25) is 11.8 Å². The van der Waals surface area contributed by atoms with Crippen LogP contribution in [-0.2, 0) is 16.0 Å².